The van der Waals surface area contributed by atoms with E-state index in [1.165, 1.54) is 11.1 Å². The molecule has 5 rings (SSSR count). The predicted octanol–water partition coefficient (Wildman–Crippen LogP) is 5.24. The first kappa shape index (κ1) is 24.0. The molecule has 3 aromatic carbocycles. The van der Waals surface area contributed by atoms with Crippen LogP contribution >= 0.6 is 0 Å². The second-order valence-electron chi connectivity index (χ2n) is 9.51. The summed E-state index contributed by atoms with van der Waals surface area (Å²) in [5, 5.41) is 2.98. The number of methoxy groups -OCH3 is 1. The zero-order valence-electron chi connectivity index (χ0n) is 21.2. The number of carbonyl (C=O) groups excluding carboxylic acids is 1. The summed E-state index contributed by atoms with van der Waals surface area (Å²) < 4.78 is 22.8. The molecule has 7 heteroatoms. The van der Waals surface area contributed by atoms with Gasteiger partial charge in [-0.05, 0) is 87.3 Å². The van der Waals surface area contributed by atoms with E-state index in [-0.39, 0.29) is 24.8 Å². The van der Waals surface area contributed by atoms with Gasteiger partial charge in [0.1, 0.15) is 5.75 Å². The van der Waals surface area contributed by atoms with Crippen LogP contribution in [0.25, 0.3) is 0 Å². The normalized spacial score (nSPS) is 16.5. The Morgan fingerprint density at radius 3 is 2.56 bits per heavy atom. The van der Waals surface area contributed by atoms with Gasteiger partial charge in [0, 0.05) is 29.4 Å². The number of nitrogens with zero attached hydrogens (tertiary/aromatic N) is 1. The van der Waals surface area contributed by atoms with Crippen molar-refractivity contribution in [3.8, 4) is 23.0 Å². The Kier molecular flexibility index (Phi) is 6.74. The zero-order valence-corrected chi connectivity index (χ0v) is 21.2. The summed E-state index contributed by atoms with van der Waals surface area (Å²) in [4.78, 5) is 15.1. The molecule has 0 saturated heterocycles. The average molecular weight is 489 g/mol. The molecule has 0 aromatic heterocycles. The monoisotopic (exact) mass is 488 g/mol. The number of fused-ring (bicyclic) bond motifs is 2. The third-order valence-electron chi connectivity index (χ3n) is 6.68. The van der Waals surface area contributed by atoms with Crippen LogP contribution in [0.2, 0.25) is 0 Å². The second-order valence-corrected chi connectivity index (χ2v) is 9.51. The maximum atomic E-state index is 12.7. The maximum absolute atomic E-state index is 12.7. The number of likely N-dealkylation sites (N-methyl/N-ethyl adjacent to an activating group) is 1. The zero-order chi connectivity index (χ0) is 25.2. The Bertz CT molecular complexity index is 1240. The van der Waals surface area contributed by atoms with Gasteiger partial charge in [0.25, 0.3) is 5.91 Å². The Labute approximate surface area is 211 Å². The molecule has 0 aliphatic carbocycles. The topological polar surface area (TPSA) is 69.3 Å². The number of carbonyl (C=O) groups is 1. The fraction of sp³-hybridized carbons (Fsp3) is 0.345. The Hall–Kier alpha value is -3.71. The van der Waals surface area contributed by atoms with Crippen LogP contribution in [-0.4, -0.2) is 44.4 Å². The highest BCUT2D eigenvalue weighted by Gasteiger charge is 2.33. The van der Waals surface area contributed by atoms with Crippen LogP contribution in [-0.2, 0) is 12.8 Å². The largest absolute Gasteiger partial charge is 0.492 e. The van der Waals surface area contributed by atoms with E-state index in [1.807, 2.05) is 38.1 Å². The van der Waals surface area contributed by atoms with Crippen molar-refractivity contribution in [1.29, 1.82) is 0 Å². The average Bonchev–Trinajstić information content (AvgIpc) is 3.34. The highest BCUT2D eigenvalue weighted by Crippen LogP contribution is 2.49. The number of ether oxygens (including phenoxy) is 4. The van der Waals surface area contributed by atoms with E-state index >= 15 is 0 Å². The number of rotatable bonds is 7. The smallest absolute Gasteiger partial charge is 0.255 e. The summed E-state index contributed by atoms with van der Waals surface area (Å²) >= 11 is 0. The van der Waals surface area contributed by atoms with Crippen LogP contribution in [0.3, 0.4) is 0 Å². The SMILES string of the molecule is COc1c2c(cc3c1[C@@H](Cc1ccc(NC(=O)c4ccc(OC(C)C)cc4)cc1)N(C)CC3)OCO2. The summed E-state index contributed by atoms with van der Waals surface area (Å²) in [6.07, 6.45) is 1.84. The van der Waals surface area contributed by atoms with Gasteiger partial charge in [-0.1, -0.05) is 12.1 Å². The molecule has 1 N–H and O–H groups in total. The van der Waals surface area contributed by atoms with Crippen molar-refractivity contribution in [2.45, 2.75) is 38.8 Å². The maximum Gasteiger partial charge on any atom is 0.255 e. The lowest BCUT2D eigenvalue weighted by molar-refractivity contribution is 0.102. The molecule has 0 unspecified atom stereocenters. The molecule has 1 atom stereocenters. The van der Waals surface area contributed by atoms with Crippen molar-refractivity contribution in [3.05, 3.63) is 76.9 Å². The lowest BCUT2D eigenvalue weighted by Crippen LogP contribution is -2.33. The molecule has 0 radical (unpaired) electrons. The third-order valence-corrected chi connectivity index (χ3v) is 6.68. The molecular weight excluding hydrogens is 456 g/mol. The molecule has 1 amide bonds. The van der Waals surface area contributed by atoms with Crippen LogP contribution in [0.4, 0.5) is 5.69 Å². The fourth-order valence-corrected chi connectivity index (χ4v) is 4.89. The van der Waals surface area contributed by atoms with E-state index in [1.54, 1.807) is 19.2 Å². The highest BCUT2D eigenvalue weighted by atomic mass is 16.7. The van der Waals surface area contributed by atoms with Gasteiger partial charge in [0.2, 0.25) is 12.5 Å². The van der Waals surface area contributed by atoms with Gasteiger partial charge >= 0.3 is 0 Å². The first-order chi connectivity index (χ1) is 17.4. The van der Waals surface area contributed by atoms with Crippen LogP contribution in [0.5, 0.6) is 23.0 Å². The van der Waals surface area contributed by atoms with Gasteiger partial charge in [0.05, 0.1) is 13.2 Å². The van der Waals surface area contributed by atoms with Crippen LogP contribution < -0.4 is 24.3 Å². The van der Waals surface area contributed by atoms with E-state index in [4.69, 9.17) is 18.9 Å². The quantitative estimate of drug-likeness (QED) is 0.491. The van der Waals surface area contributed by atoms with Crippen LogP contribution in [0.15, 0.2) is 54.6 Å². The van der Waals surface area contributed by atoms with Crippen molar-refractivity contribution >= 4 is 11.6 Å². The summed E-state index contributed by atoms with van der Waals surface area (Å²) in [5.74, 6) is 2.82. The standard InChI is InChI=1S/C29H32N2O5/c1-18(2)36-23-11-7-20(8-12-23)29(32)30-22-9-5-19(6-10-22)15-24-26-21(13-14-31(24)3)16-25-27(28(26)33-4)35-17-34-25/h5-12,16,18,24H,13-15,17H2,1-4H3,(H,30,32)/t24-/m1/s1. The number of hydrogen-bond donors (Lipinski definition) is 1. The van der Waals surface area contributed by atoms with Gasteiger partial charge < -0.3 is 24.3 Å². The van der Waals surface area contributed by atoms with Gasteiger partial charge in [-0.3, -0.25) is 9.69 Å². The minimum Gasteiger partial charge on any atom is -0.492 e. The number of benzene rings is 3. The van der Waals surface area contributed by atoms with Crippen LogP contribution in [0.1, 0.15) is 46.9 Å². The van der Waals surface area contributed by atoms with E-state index in [2.05, 4.69) is 35.5 Å². The summed E-state index contributed by atoms with van der Waals surface area (Å²) in [6.45, 7) is 5.12. The molecule has 3 aromatic rings. The van der Waals surface area contributed by atoms with Gasteiger partial charge in [-0.25, -0.2) is 0 Å². The summed E-state index contributed by atoms with van der Waals surface area (Å²) in [6, 6.07) is 17.5. The number of nitrogens with one attached hydrogen (secondary N) is 1. The lowest BCUT2D eigenvalue weighted by atomic mass is 9.87. The summed E-state index contributed by atoms with van der Waals surface area (Å²) in [5.41, 5.74) is 4.92. The molecule has 0 saturated carbocycles. The third kappa shape index (κ3) is 4.84. The van der Waals surface area contributed by atoms with Crippen molar-refractivity contribution in [1.82, 2.24) is 4.90 Å². The number of anilines is 1. The summed E-state index contributed by atoms with van der Waals surface area (Å²) in [7, 11) is 3.83. The van der Waals surface area contributed by atoms with Gasteiger partial charge in [-0.2, -0.15) is 0 Å². The predicted molar refractivity (Wildman–Crippen MR) is 138 cm³/mol. The Morgan fingerprint density at radius 1 is 1.11 bits per heavy atom. The molecule has 188 valence electrons. The second kappa shape index (κ2) is 10.1. The molecule has 2 heterocycles. The minimum atomic E-state index is -0.152. The minimum absolute atomic E-state index is 0.0920. The lowest BCUT2D eigenvalue weighted by Gasteiger charge is -2.36. The van der Waals surface area contributed by atoms with E-state index in [0.29, 0.717) is 11.3 Å². The molecule has 0 bridgehead atoms. The fourth-order valence-electron chi connectivity index (χ4n) is 4.89. The van der Waals surface area contributed by atoms with Crippen LogP contribution in [0, 0.1) is 0 Å². The molecule has 7 nitrogen and oxygen atoms in total. The van der Waals surface area contributed by atoms with E-state index < -0.39 is 0 Å². The first-order valence-corrected chi connectivity index (χ1v) is 12.3. The van der Waals surface area contributed by atoms with Crippen molar-refractivity contribution in [3.63, 3.8) is 0 Å². The number of amides is 1. The highest BCUT2D eigenvalue weighted by molar-refractivity contribution is 6.04. The van der Waals surface area contributed by atoms with E-state index in [9.17, 15) is 4.79 Å². The Morgan fingerprint density at radius 2 is 1.86 bits per heavy atom. The van der Waals surface area contributed by atoms with Gasteiger partial charge in [0.15, 0.2) is 11.5 Å². The molecule has 2 aliphatic rings. The molecule has 36 heavy (non-hydrogen) atoms. The first-order valence-electron chi connectivity index (χ1n) is 12.3. The molecule has 2 aliphatic heterocycles. The van der Waals surface area contributed by atoms with E-state index in [0.717, 1.165) is 47.9 Å². The van der Waals surface area contributed by atoms with Gasteiger partial charge in [-0.15, -0.1) is 0 Å². The van der Waals surface area contributed by atoms with Crippen molar-refractivity contribution in [2.24, 2.45) is 0 Å². The molecular formula is C29H32N2O5. The molecule has 0 fully saturated rings. The molecule has 0 spiro atoms. The van der Waals surface area contributed by atoms with Crippen molar-refractivity contribution < 1.29 is 23.7 Å². The number of hydrogen-bond acceptors (Lipinski definition) is 6. The Balaban J connectivity index is 1.30. The van der Waals surface area contributed by atoms with Crippen molar-refractivity contribution in [2.75, 3.05) is 32.8 Å².